The number of likely N-dealkylation sites (N-methyl/N-ethyl adjacent to an activating group) is 1. The molecule has 0 spiro atoms. The van der Waals surface area contributed by atoms with E-state index in [1.54, 1.807) is 48.6 Å². The van der Waals surface area contributed by atoms with E-state index in [2.05, 4.69) is 4.98 Å². The lowest BCUT2D eigenvalue weighted by atomic mass is 10.1. The normalized spacial score (nSPS) is 16.1. The smallest absolute Gasteiger partial charge is 0.339 e. The van der Waals surface area contributed by atoms with Crippen LogP contribution in [0.1, 0.15) is 22.3 Å². The zero-order chi connectivity index (χ0) is 20.1. The molecule has 0 saturated carbocycles. The maximum atomic E-state index is 12.8. The van der Waals surface area contributed by atoms with Crippen LogP contribution in [0.4, 0.5) is 5.69 Å². The Bertz CT molecular complexity index is 869. The molecule has 3 rings (SSSR count). The van der Waals surface area contributed by atoms with Crippen molar-refractivity contribution in [3.8, 4) is 0 Å². The summed E-state index contributed by atoms with van der Waals surface area (Å²) in [6.45, 7) is 0.817. The van der Waals surface area contributed by atoms with Crippen molar-refractivity contribution in [1.29, 1.82) is 0 Å². The zero-order valence-corrected chi connectivity index (χ0v) is 16.0. The third-order valence-electron chi connectivity index (χ3n) is 4.94. The third kappa shape index (κ3) is 4.19. The lowest BCUT2D eigenvalue weighted by molar-refractivity contribution is -0.134. The second kappa shape index (κ2) is 8.65. The Hall–Kier alpha value is -3.22. The summed E-state index contributed by atoms with van der Waals surface area (Å²) in [6.07, 6.45) is 4.31. The molecule has 2 aromatic rings. The van der Waals surface area contributed by atoms with Crippen LogP contribution in [0.5, 0.6) is 0 Å². The van der Waals surface area contributed by atoms with Crippen LogP contribution in [0.25, 0.3) is 0 Å². The number of ether oxygens (including phenoxy) is 1. The summed E-state index contributed by atoms with van der Waals surface area (Å²) in [5, 5.41) is 0. The summed E-state index contributed by atoms with van der Waals surface area (Å²) in [7, 11) is 3.05. The number of amides is 2. The van der Waals surface area contributed by atoms with Gasteiger partial charge in [-0.25, -0.2) is 4.79 Å². The highest BCUT2D eigenvalue weighted by Gasteiger charge is 2.37. The van der Waals surface area contributed by atoms with E-state index in [1.165, 1.54) is 12.0 Å². The van der Waals surface area contributed by atoms with Crippen molar-refractivity contribution in [1.82, 2.24) is 9.88 Å². The summed E-state index contributed by atoms with van der Waals surface area (Å²) < 4.78 is 4.80. The van der Waals surface area contributed by atoms with Gasteiger partial charge in [-0.05, 0) is 36.2 Å². The largest absolute Gasteiger partial charge is 0.465 e. The number of para-hydroxylation sites is 1. The Morgan fingerprint density at radius 2 is 1.93 bits per heavy atom. The van der Waals surface area contributed by atoms with Crippen LogP contribution in [0, 0.1) is 5.92 Å². The lowest BCUT2D eigenvalue weighted by Crippen LogP contribution is -2.36. The van der Waals surface area contributed by atoms with Gasteiger partial charge in [0.1, 0.15) is 0 Å². The number of hydrogen-bond donors (Lipinski definition) is 0. The molecule has 7 nitrogen and oxygen atoms in total. The second-order valence-corrected chi connectivity index (χ2v) is 6.78. The summed E-state index contributed by atoms with van der Waals surface area (Å²) in [4.78, 5) is 44.5. The van der Waals surface area contributed by atoms with Gasteiger partial charge in [-0.3, -0.25) is 14.6 Å². The fraction of sp³-hybridized carbons (Fsp3) is 0.333. The van der Waals surface area contributed by atoms with E-state index in [9.17, 15) is 14.4 Å². The predicted octanol–water partition coefficient (Wildman–Crippen LogP) is 1.92. The number of benzene rings is 1. The number of aromatic nitrogens is 1. The molecule has 28 heavy (non-hydrogen) atoms. The van der Waals surface area contributed by atoms with Gasteiger partial charge >= 0.3 is 5.97 Å². The van der Waals surface area contributed by atoms with Crippen LogP contribution in [0.3, 0.4) is 0 Å². The van der Waals surface area contributed by atoms with Crippen molar-refractivity contribution >= 4 is 23.5 Å². The predicted molar refractivity (Wildman–Crippen MR) is 104 cm³/mol. The molecule has 146 valence electrons. The van der Waals surface area contributed by atoms with E-state index in [4.69, 9.17) is 4.74 Å². The van der Waals surface area contributed by atoms with Crippen LogP contribution in [-0.2, 0) is 20.7 Å². The van der Waals surface area contributed by atoms with Gasteiger partial charge in [0.25, 0.3) is 0 Å². The van der Waals surface area contributed by atoms with Gasteiger partial charge in [0.15, 0.2) is 0 Å². The van der Waals surface area contributed by atoms with Crippen molar-refractivity contribution in [3.05, 3.63) is 59.9 Å². The molecule has 1 saturated heterocycles. The Labute approximate surface area is 163 Å². The number of esters is 1. The van der Waals surface area contributed by atoms with E-state index in [-0.39, 0.29) is 24.8 Å². The van der Waals surface area contributed by atoms with Gasteiger partial charge in [-0.1, -0.05) is 12.1 Å². The highest BCUT2D eigenvalue weighted by molar-refractivity contribution is 6.05. The van der Waals surface area contributed by atoms with Crippen LogP contribution >= 0.6 is 0 Å². The van der Waals surface area contributed by atoms with Gasteiger partial charge in [0.05, 0.1) is 24.3 Å². The molecule has 1 aromatic heterocycles. The first-order valence-electron chi connectivity index (χ1n) is 9.13. The average molecular weight is 381 g/mol. The molecular weight excluding hydrogens is 358 g/mol. The summed E-state index contributed by atoms with van der Waals surface area (Å²) in [5.41, 5.74) is 1.90. The van der Waals surface area contributed by atoms with E-state index in [0.29, 0.717) is 17.8 Å². The van der Waals surface area contributed by atoms with Gasteiger partial charge < -0.3 is 14.5 Å². The van der Waals surface area contributed by atoms with E-state index >= 15 is 0 Å². The Kier molecular flexibility index (Phi) is 6.03. The van der Waals surface area contributed by atoms with Crippen LogP contribution < -0.4 is 4.90 Å². The first-order chi connectivity index (χ1) is 13.5. The number of nitrogens with zero attached hydrogens (tertiary/aromatic N) is 3. The number of rotatable bonds is 6. The highest BCUT2D eigenvalue weighted by atomic mass is 16.5. The molecule has 2 heterocycles. The monoisotopic (exact) mass is 381 g/mol. The minimum atomic E-state index is -0.507. The molecule has 1 aliphatic heterocycles. The van der Waals surface area contributed by atoms with Crippen LogP contribution in [-0.4, -0.2) is 54.9 Å². The fourth-order valence-corrected chi connectivity index (χ4v) is 3.37. The van der Waals surface area contributed by atoms with Gasteiger partial charge in [-0.2, -0.15) is 0 Å². The van der Waals surface area contributed by atoms with Crippen molar-refractivity contribution in [3.63, 3.8) is 0 Å². The molecule has 1 atom stereocenters. The summed E-state index contributed by atoms with van der Waals surface area (Å²) in [6, 6.07) is 10.6. The Morgan fingerprint density at radius 3 is 2.64 bits per heavy atom. The number of hydrogen-bond acceptors (Lipinski definition) is 5. The maximum Gasteiger partial charge on any atom is 0.339 e. The second-order valence-electron chi connectivity index (χ2n) is 6.78. The molecule has 7 heteroatoms. The van der Waals surface area contributed by atoms with Gasteiger partial charge in [0, 0.05) is 39.0 Å². The molecule has 0 bridgehead atoms. The Morgan fingerprint density at radius 1 is 1.21 bits per heavy atom. The molecule has 0 radical (unpaired) electrons. The van der Waals surface area contributed by atoms with Gasteiger partial charge in [0.2, 0.25) is 11.8 Å². The lowest BCUT2D eigenvalue weighted by Gasteiger charge is -2.22. The molecular formula is C21H23N3O4. The Balaban J connectivity index is 1.67. The van der Waals surface area contributed by atoms with Crippen molar-refractivity contribution in [2.45, 2.75) is 12.8 Å². The molecule has 2 amide bonds. The van der Waals surface area contributed by atoms with E-state index in [0.717, 1.165) is 12.0 Å². The van der Waals surface area contributed by atoms with Crippen LogP contribution in [0.2, 0.25) is 0 Å². The first kappa shape index (κ1) is 19.5. The summed E-state index contributed by atoms with van der Waals surface area (Å²) in [5.74, 6) is -1.18. The topological polar surface area (TPSA) is 79.8 Å². The van der Waals surface area contributed by atoms with Crippen molar-refractivity contribution in [2.24, 2.45) is 5.92 Å². The molecule has 0 N–H and O–H groups in total. The minimum Gasteiger partial charge on any atom is -0.465 e. The van der Waals surface area contributed by atoms with E-state index in [1.807, 2.05) is 12.1 Å². The molecule has 1 fully saturated rings. The highest BCUT2D eigenvalue weighted by Crippen LogP contribution is 2.29. The summed E-state index contributed by atoms with van der Waals surface area (Å²) >= 11 is 0. The number of carbonyl (C=O) groups excluding carboxylic acids is 3. The fourth-order valence-electron chi connectivity index (χ4n) is 3.37. The number of carbonyl (C=O) groups is 3. The standard InChI is InChI=1S/C21H23N3O4/c1-23(12-9-15-7-10-22-11-8-15)20(26)16-13-19(25)24(14-16)18-6-4-3-5-17(18)21(27)28-2/h3-8,10-11,16H,9,12-14H2,1-2H3. The third-order valence-corrected chi connectivity index (χ3v) is 4.94. The van der Waals surface area contributed by atoms with E-state index < -0.39 is 11.9 Å². The minimum absolute atomic E-state index is 0.0690. The van der Waals surface area contributed by atoms with Crippen molar-refractivity contribution in [2.75, 3.05) is 32.1 Å². The molecule has 1 aromatic carbocycles. The number of methoxy groups -OCH3 is 1. The molecule has 1 aliphatic rings. The quantitative estimate of drug-likeness (QED) is 0.715. The number of anilines is 1. The average Bonchev–Trinajstić information content (AvgIpc) is 3.13. The zero-order valence-electron chi connectivity index (χ0n) is 16.0. The van der Waals surface area contributed by atoms with Crippen molar-refractivity contribution < 1.29 is 19.1 Å². The van der Waals surface area contributed by atoms with Crippen LogP contribution in [0.15, 0.2) is 48.8 Å². The molecule has 1 unspecified atom stereocenters. The number of pyridine rings is 1. The first-order valence-corrected chi connectivity index (χ1v) is 9.13. The van der Waals surface area contributed by atoms with Gasteiger partial charge in [-0.15, -0.1) is 0 Å². The maximum absolute atomic E-state index is 12.8. The molecule has 0 aliphatic carbocycles. The SMILES string of the molecule is COC(=O)c1ccccc1N1CC(C(=O)N(C)CCc2ccncc2)CC1=O.